The van der Waals surface area contributed by atoms with E-state index < -0.39 is 0 Å². The fourth-order valence-electron chi connectivity index (χ4n) is 2.78. The lowest BCUT2D eigenvalue weighted by Gasteiger charge is -2.39. The van der Waals surface area contributed by atoms with E-state index in [2.05, 4.69) is 52.8 Å². The van der Waals surface area contributed by atoms with E-state index in [-0.39, 0.29) is 0 Å². The summed E-state index contributed by atoms with van der Waals surface area (Å²) in [6.45, 7) is 5.15. The molecule has 0 spiro atoms. The van der Waals surface area contributed by atoms with Crippen molar-refractivity contribution in [2.75, 3.05) is 33.7 Å². The van der Waals surface area contributed by atoms with Crippen LogP contribution in [0.15, 0.2) is 10.5 Å². The Morgan fingerprint density at radius 2 is 2.32 bits per heavy atom. The van der Waals surface area contributed by atoms with E-state index in [4.69, 9.17) is 5.73 Å². The molecule has 1 saturated heterocycles. The van der Waals surface area contributed by atoms with Gasteiger partial charge in [0, 0.05) is 33.4 Å². The largest absolute Gasteiger partial charge is 0.329 e. The van der Waals surface area contributed by atoms with Gasteiger partial charge < -0.3 is 10.6 Å². The zero-order chi connectivity index (χ0) is 14.0. The third-order valence-corrected chi connectivity index (χ3v) is 6.26. The van der Waals surface area contributed by atoms with Gasteiger partial charge in [-0.1, -0.05) is 0 Å². The Hall–Kier alpha value is 0.0600. The maximum atomic E-state index is 6.05. The number of hydrogen-bond acceptors (Lipinski definition) is 4. The summed E-state index contributed by atoms with van der Waals surface area (Å²) in [5, 5.41) is 0. The molecule has 1 aliphatic heterocycles. The van der Waals surface area contributed by atoms with Gasteiger partial charge in [-0.05, 0) is 62.4 Å². The first-order chi connectivity index (χ1) is 9.02. The van der Waals surface area contributed by atoms with Gasteiger partial charge in [-0.15, -0.1) is 11.3 Å². The van der Waals surface area contributed by atoms with Crippen LogP contribution in [0.4, 0.5) is 0 Å². The van der Waals surface area contributed by atoms with Crippen molar-refractivity contribution in [3.63, 3.8) is 0 Å². The van der Waals surface area contributed by atoms with Crippen molar-refractivity contribution >= 4 is 27.3 Å². The number of halogens is 1. The molecule has 3 nitrogen and oxygen atoms in total. The monoisotopic (exact) mass is 345 g/mol. The molecule has 5 heteroatoms. The molecule has 0 aliphatic carbocycles. The van der Waals surface area contributed by atoms with Crippen molar-refractivity contribution in [1.82, 2.24) is 9.80 Å². The van der Waals surface area contributed by atoms with E-state index in [0.29, 0.717) is 18.6 Å². The highest BCUT2D eigenvalue weighted by molar-refractivity contribution is 9.10. The lowest BCUT2D eigenvalue weighted by atomic mass is 10.0. The molecule has 19 heavy (non-hydrogen) atoms. The Kier molecular flexibility index (Phi) is 5.43. The zero-order valence-corrected chi connectivity index (χ0v) is 14.4. The highest BCUT2D eigenvalue weighted by atomic mass is 79.9. The zero-order valence-electron chi connectivity index (χ0n) is 12.0. The lowest BCUT2D eigenvalue weighted by molar-refractivity contribution is 0.0997. The Bertz CT molecular complexity index is 399. The van der Waals surface area contributed by atoms with Gasteiger partial charge in [-0.25, -0.2) is 0 Å². The van der Waals surface area contributed by atoms with Crippen LogP contribution in [0.1, 0.15) is 28.6 Å². The average molecular weight is 346 g/mol. The summed E-state index contributed by atoms with van der Waals surface area (Å²) in [7, 11) is 4.36. The molecular formula is C14H24BrN3S. The normalized spacial score (nSPS) is 22.9. The molecule has 1 aliphatic rings. The first-order valence-corrected chi connectivity index (χ1v) is 8.50. The van der Waals surface area contributed by atoms with Crippen molar-refractivity contribution in [2.45, 2.75) is 31.8 Å². The van der Waals surface area contributed by atoms with Gasteiger partial charge in [0.25, 0.3) is 0 Å². The third kappa shape index (κ3) is 3.58. The minimum Gasteiger partial charge on any atom is -0.329 e. The number of likely N-dealkylation sites (N-methyl/N-ethyl adjacent to an activating group) is 1. The summed E-state index contributed by atoms with van der Waals surface area (Å²) < 4.78 is 1.21. The summed E-state index contributed by atoms with van der Waals surface area (Å²) in [5.41, 5.74) is 6.05. The SMILES string of the molecule is Cc1sc(C(CN)N2CCCC(N(C)C)C2)cc1Br. The summed E-state index contributed by atoms with van der Waals surface area (Å²) in [5.74, 6) is 0. The van der Waals surface area contributed by atoms with E-state index in [1.165, 1.54) is 33.6 Å². The second-order valence-electron chi connectivity index (χ2n) is 5.56. The van der Waals surface area contributed by atoms with E-state index in [1.807, 2.05) is 11.3 Å². The molecule has 2 heterocycles. The molecule has 0 amide bonds. The predicted octanol–water partition coefficient (Wildman–Crippen LogP) is 2.84. The second kappa shape index (κ2) is 6.68. The minimum absolute atomic E-state index is 0.373. The summed E-state index contributed by atoms with van der Waals surface area (Å²) in [6, 6.07) is 3.28. The molecule has 1 fully saturated rings. The van der Waals surface area contributed by atoms with Crippen LogP contribution in [0.5, 0.6) is 0 Å². The van der Waals surface area contributed by atoms with Crippen LogP contribution in [0.25, 0.3) is 0 Å². The molecule has 0 radical (unpaired) electrons. The van der Waals surface area contributed by atoms with Crippen LogP contribution in [0.2, 0.25) is 0 Å². The number of nitrogens with two attached hydrogens (primary N) is 1. The van der Waals surface area contributed by atoms with Gasteiger partial charge in [0.15, 0.2) is 0 Å². The first kappa shape index (κ1) is 15.4. The standard InChI is InChI=1S/C14H24BrN3S/c1-10-12(15)7-14(19-10)13(8-16)18-6-4-5-11(9-18)17(2)3/h7,11,13H,4-6,8-9,16H2,1-3H3. The highest BCUT2D eigenvalue weighted by Crippen LogP contribution is 2.34. The van der Waals surface area contributed by atoms with Crippen LogP contribution in [0, 0.1) is 6.92 Å². The maximum Gasteiger partial charge on any atom is 0.0565 e. The lowest BCUT2D eigenvalue weighted by Crippen LogP contribution is -2.47. The number of nitrogens with zero attached hydrogens (tertiary/aromatic N) is 2. The first-order valence-electron chi connectivity index (χ1n) is 6.89. The maximum absolute atomic E-state index is 6.05. The number of hydrogen-bond donors (Lipinski definition) is 1. The van der Waals surface area contributed by atoms with E-state index in [0.717, 1.165) is 6.54 Å². The van der Waals surface area contributed by atoms with Gasteiger partial charge in [0.05, 0.1) is 6.04 Å². The quantitative estimate of drug-likeness (QED) is 0.910. The molecule has 2 atom stereocenters. The number of likely N-dealkylation sites (tertiary alicyclic amines) is 1. The smallest absolute Gasteiger partial charge is 0.0565 e. The average Bonchev–Trinajstić information content (AvgIpc) is 2.70. The summed E-state index contributed by atoms with van der Waals surface area (Å²) in [6.07, 6.45) is 2.57. The van der Waals surface area contributed by atoms with E-state index in [9.17, 15) is 0 Å². The number of piperidine rings is 1. The van der Waals surface area contributed by atoms with Crippen molar-refractivity contribution in [2.24, 2.45) is 5.73 Å². The topological polar surface area (TPSA) is 32.5 Å². The molecule has 2 unspecified atom stereocenters. The van der Waals surface area contributed by atoms with Crippen LogP contribution in [-0.4, -0.2) is 49.6 Å². The van der Waals surface area contributed by atoms with Crippen LogP contribution >= 0.6 is 27.3 Å². The van der Waals surface area contributed by atoms with Gasteiger partial charge in [-0.2, -0.15) is 0 Å². The molecule has 2 rings (SSSR count). The molecule has 0 aromatic carbocycles. The number of aryl methyl sites for hydroxylation is 1. The van der Waals surface area contributed by atoms with Gasteiger partial charge >= 0.3 is 0 Å². The van der Waals surface area contributed by atoms with Crippen LogP contribution in [0.3, 0.4) is 0 Å². The molecule has 1 aromatic rings. The Labute approximate surface area is 128 Å². The third-order valence-electron chi connectivity index (χ3n) is 4.03. The molecular weight excluding hydrogens is 322 g/mol. The molecule has 0 bridgehead atoms. The van der Waals surface area contributed by atoms with E-state index >= 15 is 0 Å². The van der Waals surface area contributed by atoms with Gasteiger partial charge in [0.1, 0.15) is 0 Å². The van der Waals surface area contributed by atoms with Crippen LogP contribution in [-0.2, 0) is 0 Å². The van der Waals surface area contributed by atoms with Gasteiger partial charge in [0.2, 0.25) is 0 Å². The molecule has 2 N–H and O–H groups in total. The highest BCUT2D eigenvalue weighted by Gasteiger charge is 2.28. The minimum atomic E-state index is 0.373. The van der Waals surface area contributed by atoms with Crippen LogP contribution < -0.4 is 5.73 Å². The van der Waals surface area contributed by atoms with Gasteiger partial charge in [-0.3, -0.25) is 4.90 Å². The Balaban J connectivity index is 2.12. The van der Waals surface area contributed by atoms with Crippen molar-refractivity contribution in [3.05, 3.63) is 20.3 Å². The second-order valence-corrected chi connectivity index (χ2v) is 7.70. The van der Waals surface area contributed by atoms with Crippen molar-refractivity contribution in [3.8, 4) is 0 Å². The molecule has 108 valence electrons. The Morgan fingerprint density at radius 3 is 2.84 bits per heavy atom. The number of rotatable bonds is 4. The predicted molar refractivity (Wildman–Crippen MR) is 86.8 cm³/mol. The van der Waals surface area contributed by atoms with Crippen molar-refractivity contribution < 1.29 is 0 Å². The molecule has 0 saturated carbocycles. The number of thiophene rings is 1. The fraction of sp³-hybridized carbons (Fsp3) is 0.714. The van der Waals surface area contributed by atoms with E-state index in [1.54, 1.807) is 0 Å². The summed E-state index contributed by atoms with van der Waals surface area (Å²) in [4.78, 5) is 7.64. The summed E-state index contributed by atoms with van der Waals surface area (Å²) >= 11 is 5.48. The van der Waals surface area contributed by atoms with Crippen molar-refractivity contribution in [1.29, 1.82) is 0 Å². The Morgan fingerprint density at radius 1 is 1.58 bits per heavy atom. The fourth-order valence-corrected chi connectivity index (χ4v) is 4.49. The molecule has 1 aromatic heterocycles.